The maximum absolute atomic E-state index is 11.0. The van der Waals surface area contributed by atoms with Gasteiger partial charge in [-0.3, -0.25) is 9.79 Å². The highest BCUT2D eigenvalue weighted by molar-refractivity contribution is 5.89. The number of fused-ring (bicyclic) bond motifs is 1. The standard InChI is InChI=1S/C18H20N4O3/c1-11(16-9-12-5-3-4-6-14(12)25-16)22-18(20-2)21-10-13-7-8-15(24-13)17(19)23/h3-9,11H,10H2,1-2H3,(H2,19,23)(H2,20,21,22). The molecular formula is C18H20N4O3. The van der Waals surface area contributed by atoms with Crippen molar-refractivity contribution in [2.45, 2.75) is 19.5 Å². The number of aliphatic imine (C=N–C) groups is 1. The number of hydrogen-bond donors (Lipinski definition) is 3. The van der Waals surface area contributed by atoms with Gasteiger partial charge >= 0.3 is 0 Å². The molecule has 0 saturated carbocycles. The Morgan fingerprint density at radius 2 is 2.04 bits per heavy atom. The first kappa shape index (κ1) is 16.6. The zero-order valence-corrected chi connectivity index (χ0v) is 14.1. The van der Waals surface area contributed by atoms with Crippen LogP contribution < -0.4 is 16.4 Å². The van der Waals surface area contributed by atoms with E-state index in [0.29, 0.717) is 18.3 Å². The van der Waals surface area contributed by atoms with Crippen LogP contribution in [0.15, 0.2) is 56.3 Å². The minimum atomic E-state index is -0.590. The first-order chi connectivity index (χ1) is 12.1. The van der Waals surface area contributed by atoms with Gasteiger partial charge in [0.15, 0.2) is 11.7 Å². The fourth-order valence-electron chi connectivity index (χ4n) is 2.46. The fraction of sp³-hybridized carbons (Fsp3) is 0.222. The Bertz CT molecular complexity index is 877. The number of nitrogens with zero attached hydrogens (tertiary/aromatic N) is 1. The summed E-state index contributed by atoms with van der Waals surface area (Å²) in [5.74, 6) is 1.54. The quantitative estimate of drug-likeness (QED) is 0.489. The van der Waals surface area contributed by atoms with Gasteiger partial charge in [0, 0.05) is 12.4 Å². The molecule has 1 aromatic carbocycles. The number of amides is 1. The number of primary amides is 1. The smallest absolute Gasteiger partial charge is 0.284 e. The number of para-hydroxylation sites is 1. The zero-order valence-electron chi connectivity index (χ0n) is 14.1. The second-order valence-corrected chi connectivity index (χ2v) is 5.61. The number of rotatable bonds is 5. The van der Waals surface area contributed by atoms with Crippen LogP contribution in [0, 0.1) is 0 Å². The van der Waals surface area contributed by atoms with Crippen LogP contribution in [0.5, 0.6) is 0 Å². The van der Waals surface area contributed by atoms with Gasteiger partial charge in [-0.05, 0) is 31.2 Å². The van der Waals surface area contributed by atoms with Crippen molar-refractivity contribution in [1.82, 2.24) is 10.6 Å². The molecule has 0 saturated heterocycles. The molecule has 130 valence electrons. The normalized spacial score (nSPS) is 13.0. The molecule has 2 heterocycles. The van der Waals surface area contributed by atoms with Gasteiger partial charge in [-0.1, -0.05) is 18.2 Å². The number of benzene rings is 1. The first-order valence-corrected chi connectivity index (χ1v) is 7.91. The molecule has 7 heteroatoms. The van der Waals surface area contributed by atoms with E-state index in [4.69, 9.17) is 14.6 Å². The Morgan fingerprint density at radius 1 is 1.24 bits per heavy atom. The van der Waals surface area contributed by atoms with Crippen LogP contribution in [0.1, 0.15) is 35.0 Å². The average molecular weight is 340 g/mol. The van der Waals surface area contributed by atoms with Crippen LogP contribution in [0.3, 0.4) is 0 Å². The van der Waals surface area contributed by atoms with Crippen molar-refractivity contribution in [3.63, 3.8) is 0 Å². The van der Waals surface area contributed by atoms with Crippen molar-refractivity contribution in [3.05, 3.63) is 59.7 Å². The van der Waals surface area contributed by atoms with Gasteiger partial charge in [0.05, 0.1) is 12.6 Å². The van der Waals surface area contributed by atoms with Gasteiger partial charge in [-0.2, -0.15) is 0 Å². The highest BCUT2D eigenvalue weighted by Gasteiger charge is 2.13. The van der Waals surface area contributed by atoms with Crippen molar-refractivity contribution >= 4 is 22.8 Å². The largest absolute Gasteiger partial charge is 0.459 e. The van der Waals surface area contributed by atoms with Crippen molar-refractivity contribution in [2.24, 2.45) is 10.7 Å². The summed E-state index contributed by atoms with van der Waals surface area (Å²) in [5.41, 5.74) is 6.02. The highest BCUT2D eigenvalue weighted by Crippen LogP contribution is 2.23. The summed E-state index contributed by atoms with van der Waals surface area (Å²) in [5, 5.41) is 7.44. The fourth-order valence-corrected chi connectivity index (χ4v) is 2.46. The Kier molecular flexibility index (Phi) is 4.74. The third-order valence-corrected chi connectivity index (χ3v) is 3.78. The van der Waals surface area contributed by atoms with E-state index in [1.165, 1.54) is 0 Å². The van der Waals surface area contributed by atoms with Gasteiger partial charge in [-0.15, -0.1) is 0 Å². The number of hydrogen-bond acceptors (Lipinski definition) is 4. The highest BCUT2D eigenvalue weighted by atomic mass is 16.4. The minimum Gasteiger partial charge on any atom is -0.459 e. The number of furan rings is 2. The monoisotopic (exact) mass is 340 g/mol. The van der Waals surface area contributed by atoms with Crippen molar-refractivity contribution < 1.29 is 13.6 Å². The van der Waals surface area contributed by atoms with E-state index in [-0.39, 0.29) is 11.8 Å². The average Bonchev–Trinajstić information content (AvgIpc) is 3.25. The Labute approximate surface area is 144 Å². The molecule has 3 rings (SSSR count). The summed E-state index contributed by atoms with van der Waals surface area (Å²) in [4.78, 5) is 15.2. The second kappa shape index (κ2) is 7.12. The van der Waals surface area contributed by atoms with Crippen LogP contribution in [-0.2, 0) is 6.54 Å². The molecule has 1 amide bonds. The molecular weight excluding hydrogens is 320 g/mol. The molecule has 0 spiro atoms. The number of nitrogens with one attached hydrogen (secondary N) is 2. The van der Waals surface area contributed by atoms with Crippen molar-refractivity contribution in [2.75, 3.05) is 7.05 Å². The third kappa shape index (κ3) is 3.82. The molecule has 0 aliphatic heterocycles. The lowest BCUT2D eigenvalue weighted by Gasteiger charge is -2.15. The zero-order chi connectivity index (χ0) is 17.8. The summed E-state index contributed by atoms with van der Waals surface area (Å²) < 4.78 is 11.2. The van der Waals surface area contributed by atoms with Crippen molar-refractivity contribution in [3.8, 4) is 0 Å². The van der Waals surface area contributed by atoms with Gasteiger partial charge in [0.2, 0.25) is 0 Å². The SMILES string of the molecule is CN=C(NCc1ccc(C(N)=O)o1)NC(C)c1cc2ccccc2o1. The van der Waals surface area contributed by atoms with E-state index < -0.39 is 5.91 Å². The van der Waals surface area contributed by atoms with Crippen LogP contribution in [0.2, 0.25) is 0 Å². The molecule has 25 heavy (non-hydrogen) atoms. The maximum Gasteiger partial charge on any atom is 0.284 e. The summed E-state index contributed by atoms with van der Waals surface area (Å²) in [6.45, 7) is 2.36. The second-order valence-electron chi connectivity index (χ2n) is 5.61. The molecule has 0 aliphatic carbocycles. The van der Waals surface area contributed by atoms with E-state index in [1.807, 2.05) is 37.3 Å². The third-order valence-electron chi connectivity index (χ3n) is 3.78. The van der Waals surface area contributed by atoms with Gasteiger partial charge in [0.25, 0.3) is 5.91 Å². The number of carbonyl (C=O) groups excluding carboxylic acids is 1. The Morgan fingerprint density at radius 3 is 2.72 bits per heavy atom. The number of guanidine groups is 1. The van der Waals surface area contributed by atoms with Crippen LogP contribution in [-0.4, -0.2) is 18.9 Å². The van der Waals surface area contributed by atoms with Gasteiger partial charge in [0.1, 0.15) is 17.1 Å². The number of carbonyl (C=O) groups is 1. The predicted octanol–water partition coefficient (Wildman–Crippen LogP) is 2.55. The Hall–Kier alpha value is -3.22. The number of nitrogens with two attached hydrogens (primary N) is 1. The van der Waals surface area contributed by atoms with E-state index in [2.05, 4.69) is 15.6 Å². The molecule has 0 bridgehead atoms. The van der Waals surface area contributed by atoms with E-state index in [9.17, 15) is 4.79 Å². The summed E-state index contributed by atoms with van der Waals surface area (Å²) in [6, 6.07) is 13.0. The summed E-state index contributed by atoms with van der Waals surface area (Å²) in [7, 11) is 1.68. The first-order valence-electron chi connectivity index (χ1n) is 7.91. The minimum absolute atomic E-state index is 0.0728. The molecule has 1 unspecified atom stereocenters. The predicted molar refractivity (Wildman–Crippen MR) is 95.2 cm³/mol. The topological polar surface area (TPSA) is 106 Å². The molecule has 1 atom stereocenters. The summed E-state index contributed by atoms with van der Waals surface area (Å²) in [6.07, 6.45) is 0. The lowest BCUT2D eigenvalue weighted by atomic mass is 10.2. The van der Waals surface area contributed by atoms with Crippen LogP contribution in [0.4, 0.5) is 0 Å². The summed E-state index contributed by atoms with van der Waals surface area (Å²) >= 11 is 0. The molecule has 2 aromatic heterocycles. The molecule has 0 aliphatic rings. The van der Waals surface area contributed by atoms with Gasteiger partial charge < -0.3 is 25.2 Å². The van der Waals surface area contributed by atoms with Gasteiger partial charge in [-0.25, -0.2) is 0 Å². The maximum atomic E-state index is 11.0. The molecule has 3 aromatic rings. The van der Waals surface area contributed by atoms with Crippen LogP contribution in [0.25, 0.3) is 11.0 Å². The van der Waals surface area contributed by atoms with E-state index >= 15 is 0 Å². The lowest BCUT2D eigenvalue weighted by Crippen LogP contribution is -2.38. The molecule has 7 nitrogen and oxygen atoms in total. The van der Waals surface area contributed by atoms with Crippen LogP contribution >= 0.6 is 0 Å². The molecule has 0 fully saturated rings. The lowest BCUT2D eigenvalue weighted by molar-refractivity contribution is 0.0972. The molecule has 0 radical (unpaired) electrons. The van der Waals surface area contributed by atoms with E-state index in [1.54, 1.807) is 19.2 Å². The van der Waals surface area contributed by atoms with Crippen molar-refractivity contribution in [1.29, 1.82) is 0 Å². The Balaban J connectivity index is 1.62. The van der Waals surface area contributed by atoms with E-state index in [0.717, 1.165) is 16.7 Å². The molecule has 4 N–H and O–H groups in total.